The molecule has 8 heteroatoms. The SMILES string of the molecule is CC(C)Oc1ccc(NC(=NCCS(C)(=O)=O)NCCc2cccs2)cc1. The third-order valence-electron chi connectivity index (χ3n) is 3.46. The van der Waals surface area contributed by atoms with E-state index in [9.17, 15) is 8.42 Å². The molecule has 0 fully saturated rings. The predicted molar refractivity (Wildman–Crippen MR) is 114 cm³/mol. The fraction of sp³-hybridized carbons (Fsp3) is 0.421. The summed E-state index contributed by atoms with van der Waals surface area (Å²) in [5.41, 5.74) is 0.854. The lowest BCUT2D eigenvalue weighted by molar-refractivity contribution is 0.242. The zero-order chi connectivity index (χ0) is 19.7. The maximum absolute atomic E-state index is 11.3. The van der Waals surface area contributed by atoms with Crippen molar-refractivity contribution in [3.63, 3.8) is 0 Å². The fourth-order valence-corrected chi connectivity index (χ4v) is 3.38. The van der Waals surface area contributed by atoms with Gasteiger partial charge in [-0.15, -0.1) is 11.3 Å². The molecule has 0 spiro atoms. The Labute approximate surface area is 165 Å². The van der Waals surface area contributed by atoms with Gasteiger partial charge in [0.1, 0.15) is 15.6 Å². The largest absolute Gasteiger partial charge is 0.491 e. The average Bonchev–Trinajstić information content (AvgIpc) is 3.08. The molecule has 27 heavy (non-hydrogen) atoms. The first kappa shape index (κ1) is 21.2. The smallest absolute Gasteiger partial charge is 0.195 e. The van der Waals surface area contributed by atoms with E-state index in [0.29, 0.717) is 12.5 Å². The molecule has 0 amide bonds. The van der Waals surface area contributed by atoms with Crippen molar-refractivity contribution in [3.8, 4) is 5.75 Å². The van der Waals surface area contributed by atoms with Crippen molar-refractivity contribution in [1.29, 1.82) is 0 Å². The Bertz CT molecular complexity index is 814. The van der Waals surface area contributed by atoms with E-state index in [2.05, 4.69) is 27.1 Å². The van der Waals surface area contributed by atoms with Gasteiger partial charge < -0.3 is 15.4 Å². The summed E-state index contributed by atoms with van der Waals surface area (Å²) in [7, 11) is -3.04. The molecule has 6 nitrogen and oxygen atoms in total. The van der Waals surface area contributed by atoms with Gasteiger partial charge in [0.05, 0.1) is 18.4 Å². The number of rotatable bonds is 9. The summed E-state index contributed by atoms with van der Waals surface area (Å²) in [4.78, 5) is 5.67. The van der Waals surface area contributed by atoms with E-state index >= 15 is 0 Å². The van der Waals surface area contributed by atoms with Crippen LogP contribution in [0, 0.1) is 0 Å². The summed E-state index contributed by atoms with van der Waals surface area (Å²) in [6, 6.07) is 11.7. The molecule has 0 bridgehead atoms. The minimum absolute atomic E-state index is 0.0198. The summed E-state index contributed by atoms with van der Waals surface area (Å²) in [5, 5.41) is 8.53. The first-order chi connectivity index (χ1) is 12.8. The van der Waals surface area contributed by atoms with Gasteiger partial charge in [-0.25, -0.2) is 8.42 Å². The highest BCUT2D eigenvalue weighted by atomic mass is 32.2. The highest BCUT2D eigenvalue weighted by Gasteiger charge is 2.05. The standard InChI is InChI=1S/C19H27N3O3S2/c1-15(2)25-17-8-6-16(7-9-17)22-19(21-12-14-27(3,23)24)20-11-10-18-5-4-13-26-18/h4-9,13,15H,10-12,14H2,1-3H3,(H2,20,21,22). The molecular formula is C19H27N3O3S2. The summed E-state index contributed by atoms with van der Waals surface area (Å²) in [5.74, 6) is 1.39. The third-order valence-corrected chi connectivity index (χ3v) is 5.33. The highest BCUT2D eigenvalue weighted by molar-refractivity contribution is 7.90. The van der Waals surface area contributed by atoms with E-state index in [4.69, 9.17) is 4.74 Å². The van der Waals surface area contributed by atoms with E-state index in [-0.39, 0.29) is 18.4 Å². The second-order valence-electron chi connectivity index (χ2n) is 6.43. The Kier molecular flexibility index (Phi) is 8.12. The summed E-state index contributed by atoms with van der Waals surface area (Å²) < 4.78 is 28.3. The molecule has 0 aliphatic carbocycles. The molecule has 0 aliphatic rings. The first-order valence-electron chi connectivity index (χ1n) is 8.84. The average molecular weight is 410 g/mol. The van der Waals surface area contributed by atoms with Crippen LogP contribution in [-0.4, -0.2) is 45.6 Å². The van der Waals surface area contributed by atoms with Gasteiger partial charge in [-0.05, 0) is 56.0 Å². The van der Waals surface area contributed by atoms with Gasteiger partial charge in [-0.1, -0.05) is 6.07 Å². The second kappa shape index (κ2) is 10.3. The highest BCUT2D eigenvalue weighted by Crippen LogP contribution is 2.17. The molecule has 0 radical (unpaired) electrons. The number of anilines is 1. The molecule has 0 atom stereocenters. The third kappa shape index (κ3) is 8.92. The molecule has 0 saturated carbocycles. The number of nitrogens with zero attached hydrogens (tertiary/aromatic N) is 1. The molecular weight excluding hydrogens is 382 g/mol. The number of ether oxygens (including phenoxy) is 1. The van der Waals surface area contributed by atoms with Crippen molar-refractivity contribution in [3.05, 3.63) is 46.7 Å². The van der Waals surface area contributed by atoms with Crippen molar-refractivity contribution in [2.24, 2.45) is 4.99 Å². The van der Waals surface area contributed by atoms with Crippen LogP contribution in [0.3, 0.4) is 0 Å². The van der Waals surface area contributed by atoms with Crippen LogP contribution in [0.2, 0.25) is 0 Å². The predicted octanol–water partition coefficient (Wildman–Crippen LogP) is 3.18. The van der Waals surface area contributed by atoms with E-state index in [1.807, 2.05) is 44.2 Å². The molecule has 2 rings (SSSR count). The topological polar surface area (TPSA) is 79.8 Å². The zero-order valence-electron chi connectivity index (χ0n) is 15.9. The van der Waals surface area contributed by atoms with Crippen LogP contribution in [0.15, 0.2) is 46.8 Å². The van der Waals surface area contributed by atoms with Crippen molar-refractivity contribution < 1.29 is 13.2 Å². The van der Waals surface area contributed by atoms with Crippen LogP contribution >= 0.6 is 11.3 Å². The van der Waals surface area contributed by atoms with Crippen molar-refractivity contribution in [2.45, 2.75) is 26.4 Å². The Morgan fingerprint density at radius 2 is 1.96 bits per heavy atom. The Hall–Kier alpha value is -2.06. The maximum Gasteiger partial charge on any atom is 0.195 e. The van der Waals surface area contributed by atoms with Crippen LogP contribution in [0.4, 0.5) is 5.69 Å². The normalized spacial score (nSPS) is 12.2. The lowest BCUT2D eigenvalue weighted by atomic mass is 10.3. The van der Waals surface area contributed by atoms with Crippen molar-refractivity contribution >= 4 is 32.8 Å². The minimum Gasteiger partial charge on any atom is -0.491 e. The van der Waals surface area contributed by atoms with E-state index < -0.39 is 9.84 Å². The van der Waals surface area contributed by atoms with E-state index in [1.165, 1.54) is 11.1 Å². The molecule has 0 aliphatic heterocycles. The van der Waals surface area contributed by atoms with Crippen LogP contribution < -0.4 is 15.4 Å². The number of hydrogen-bond acceptors (Lipinski definition) is 5. The van der Waals surface area contributed by atoms with Gasteiger partial charge in [-0.2, -0.15) is 0 Å². The summed E-state index contributed by atoms with van der Waals surface area (Å²) in [6.45, 7) is 4.88. The maximum atomic E-state index is 11.3. The zero-order valence-corrected chi connectivity index (χ0v) is 17.6. The van der Waals surface area contributed by atoms with Crippen molar-refractivity contribution in [1.82, 2.24) is 5.32 Å². The number of nitrogens with one attached hydrogen (secondary N) is 2. The first-order valence-corrected chi connectivity index (χ1v) is 11.8. The molecule has 1 aromatic carbocycles. The molecule has 1 heterocycles. The monoisotopic (exact) mass is 409 g/mol. The van der Waals surface area contributed by atoms with Crippen LogP contribution in [0.1, 0.15) is 18.7 Å². The molecule has 0 unspecified atom stereocenters. The summed E-state index contributed by atoms with van der Waals surface area (Å²) >= 11 is 1.71. The fourth-order valence-electron chi connectivity index (χ4n) is 2.25. The Balaban J connectivity index is 1.98. The molecule has 148 valence electrons. The van der Waals surface area contributed by atoms with Gasteiger partial charge in [-0.3, -0.25) is 4.99 Å². The van der Waals surface area contributed by atoms with E-state index in [1.54, 1.807) is 11.3 Å². The number of sulfone groups is 1. The summed E-state index contributed by atoms with van der Waals surface area (Å²) in [6.07, 6.45) is 2.22. The number of aliphatic imine (C=N–C) groups is 1. The number of hydrogen-bond donors (Lipinski definition) is 2. The lowest BCUT2D eigenvalue weighted by Gasteiger charge is -2.14. The van der Waals surface area contributed by atoms with Gasteiger partial charge in [0, 0.05) is 23.4 Å². The number of guanidine groups is 1. The lowest BCUT2D eigenvalue weighted by Crippen LogP contribution is -2.33. The van der Waals surface area contributed by atoms with Gasteiger partial charge in [0.25, 0.3) is 0 Å². The van der Waals surface area contributed by atoms with E-state index in [0.717, 1.165) is 17.9 Å². The van der Waals surface area contributed by atoms with Crippen molar-refractivity contribution in [2.75, 3.05) is 30.4 Å². The van der Waals surface area contributed by atoms with Crippen LogP contribution in [-0.2, 0) is 16.3 Å². The molecule has 2 aromatic rings. The molecule has 2 N–H and O–H groups in total. The number of thiophene rings is 1. The minimum atomic E-state index is -3.04. The van der Waals surface area contributed by atoms with Gasteiger partial charge in [0.2, 0.25) is 0 Å². The Morgan fingerprint density at radius 3 is 2.56 bits per heavy atom. The second-order valence-corrected chi connectivity index (χ2v) is 9.72. The van der Waals surface area contributed by atoms with Gasteiger partial charge in [0.15, 0.2) is 5.96 Å². The van der Waals surface area contributed by atoms with Gasteiger partial charge >= 0.3 is 0 Å². The van der Waals surface area contributed by atoms with Crippen LogP contribution in [0.25, 0.3) is 0 Å². The quantitative estimate of drug-likeness (QED) is 0.491. The molecule has 0 saturated heterocycles. The Morgan fingerprint density at radius 1 is 1.22 bits per heavy atom. The molecule has 1 aromatic heterocycles. The number of benzene rings is 1. The van der Waals surface area contributed by atoms with Crippen LogP contribution in [0.5, 0.6) is 5.75 Å².